The summed E-state index contributed by atoms with van der Waals surface area (Å²) in [7, 11) is 0. The molecular weight excluding hydrogens is 426 g/mol. The number of allylic oxidation sites excluding steroid dienone is 9. The lowest BCUT2D eigenvalue weighted by Crippen LogP contribution is -2.12. The van der Waals surface area contributed by atoms with Gasteiger partial charge in [-0.2, -0.15) is 0 Å². The molecule has 0 bridgehead atoms. The predicted molar refractivity (Wildman–Crippen MR) is 161 cm³/mol. The third kappa shape index (κ3) is 16.5. The summed E-state index contributed by atoms with van der Waals surface area (Å²) in [6.07, 6.45) is 16.7. The highest BCUT2D eigenvalue weighted by atomic mass is 16.3. The van der Waals surface area contributed by atoms with E-state index in [9.17, 15) is 5.11 Å². The summed E-state index contributed by atoms with van der Waals surface area (Å²) in [6.45, 7) is 30.6. The lowest BCUT2D eigenvalue weighted by atomic mass is 9.79. The van der Waals surface area contributed by atoms with Crippen LogP contribution in [-0.2, 0) is 0 Å². The first-order chi connectivity index (χ1) is 16.3. The number of nitrogens with two attached hydrogens (primary N) is 1. The molecule has 35 heavy (non-hydrogen) atoms. The Bertz CT molecular complexity index is 745. The molecule has 2 heteroatoms. The van der Waals surface area contributed by atoms with Crippen LogP contribution in [0.15, 0.2) is 71.1 Å². The van der Waals surface area contributed by atoms with Crippen molar-refractivity contribution in [3.05, 3.63) is 71.1 Å². The zero-order valence-corrected chi connectivity index (χ0v) is 25.1. The monoisotopic (exact) mass is 485 g/mol. The van der Waals surface area contributed by atoms with Gasteiger partial charge in [0.25, 0.3) is 0 Å². The maximum atomic E-state index is 11.1. The van der Waals surface area contributed by atoms with Crippen LogP contribution in [0.4, 0.5) is 0 Å². The molecule has 0 spiro atoms. The number of hydrogen-bond acceptors (Lipinski definition) is 2. The van der Waals surface area contributed by atoms with E-state index < -0.39 is 0 Å². The molecule has 202 valence electrons. The minimum absolute atomic E-state index is 0.0169. The Kier molecular flexibility index (Phi) is 18.7. The Morgan fingerprint density at radius 2 is 1.57 bits per heavy atom. The van der Waals surface area contributed by atoms with Gasteiger partial charge in [0.15, 0.2) is 0 Å². The van der Waals surface area contributed by atoms with E-state index in [1.165, 1.54) is 30.4 Å². The van der Waals surface area contributed by atoms with Gasteiger partial charge in [-0.3, -0.25) is 0 Å². The third-order valence-electron chi connectivity index (χ3n) is 5.71. The lowest BCUT2D eigenvalue weighted by molar-refractivity contribution is 0.399. The summed E-state index contributed by atoms with van der Waals surface area (Å²) in [6, 6.07) is 0. The molecule has 0 rings (SSSR count). The van der Waals surface area contributed by atoms with E-state index in [-0.39, 0.29) is 10.8 Å². The molecule has 0 saturated carbocycles. The SMILES string of the molecule is C=C/C(CC(=C/C(=C)CCCCCC)/C(O)=C/C(C)(C)C)=C(C)\C(=C/CCCN)C(C)(C)C.CC. The van der Waals surface area contributed by atoms with E-state index in [4.69, 9.17) is 5.73 Å². The summed E-state index contributed by atoms with van der Waals surface area (Å²) in [5.41, 5.74) is 11.3. The van der Waals surface area contributed by atoms with E-state index >= 15 is 0 Å². The molecule has 0 aromatic rings. The predicted octanol–water partition coefficient (Wildman–Crippen LogP) is 10.6. The molecule has 0 atom stereocenters. The zero-order valence-electron chi connectivity index (χ0n) is 25.1. The Balaban J connectivity index is 0. The van der Waals surface area contributed by atoms with Crippen LogP contribution in [0.3, 0.4) is 0 Å². The van der Waals surface area contributed by atoms with Crippen molar-refractivity contribution in [2.24, 2.45) is 16.6 Å². The fourth-order valence-corrected chi connectivity index (χ4v) is 3.94. The minimum Gasteiger partial charge on any atom is -0.508 e. The first-order valence-corrected chi connectivity index (χ1v) is 13.8. The maximum Gasteiger partial charge on any atom is 0.115 e. The zero-order chi connectivity index (χ0) is 27.7. The molecule has 0 aliphatic carbocycles. The molecule has 0 aliphatic rings. The van der Waals surface area contributed by atoms with Crippen molar-refractivity contribution >= 4 is 0 Å². The van der Waals surface area contributed by atoms with Gasteiger partial charge >= 0.3 is 0 Å². The second-order valence-electron chi connectivity index (χ2n) is 11.4. The average molecular weight is 486 g/mol. The van der Waals surface area contributed by atoms with Gasteiger partial charge in [0.05, 0.1) is 0 Å². The van der Waals surface area contributed by atoms with Gasteiger partial charge in [-0.25, -0.2) is 0 Å². The molecule has 0 saturated heterocycles. The molecule has 0 amide bonds. The number of hydrogen-bond donors (Lipinski definition) is 2. The first kappa shape index (κ1) is 35.4. The molecule has 3 N–H and O–H groups in total. The van der Waals surface area contributed by atoms with E-state index in [2.05, 4.69) is 80.7 Å². The second kappa shape index (κ2) is 18.5. The van der Waals surface area contributed by atoms with Gasteiger partial charge < -0.3 is 10.8 Å². The topological polar surface area (TPSA) is 46.2 Å². The van der Waals surface area contributed by atoms with Gasteiger partial charge in [-0.05, 0) is 78.4 Å². The smallest absolute Gasteiger partial charge is 0.115 e. The van der Waals surface area contributed by atoms with Crippen molar-refractivity contribution in [2.75, 3.05) is 6.54 Å². The van der Waals surface area contributed by atoms with Crippen LogP contribution >= 0.6 is 0 Å². The molecule has 0 heterocycles. The summed E-state index contributed by atoms with van der Waals surface area (Å²) in [4.78, 5) is 0. The van der Waals surface area contributed by atoms with Gasteiger partial charge in [-0.1, -0.05) is 119 Å². The molecule has 2 nitrogen and oxygen atoms in total. The van der Waals surface area contributed by atoms with E-state index in [1.807, 2.05) is 26.0 Å². The molecule has 0 aromatic heterocycles. The number of unbranched alkanes of at least 4 members (excludes halogenated alkanes) is 4. The number of rotatable bonds is 14. The summed E-state index contributed by atoms with van der Waals surface area (Å²) in [5.74, 6) is 0.341. The maximum absolute atomic E-state index is 11.1. The van der Waals surface area contributed by atoms with Crippen LogP contribution < -0.4 is 5.73 Å². The van der Waals surface area contributed by atoms with Crippen LogP contribution in [0, 0.1) is 10.8 Å². The normalized spacial score (nSPS) is 14.2. The van der Waals surface area contributed by atoms with Crippen molar-refractivity contribution in [3.63, 3.8) is 0 Å². The number of aliphatic hydroxyl groups excluding tert-OH is 1. The Labute approximate surface area is 219 Å². The van der Waals surface area contributed by atoms with Crippen molar-refractivity contribution in [3.8, 4) is 0 Å². The van der Waals surface area contributed by atoms with Crippen LogP contribution in [0.5, 0.6) is 0 Å². The molecule has 0 radical (unpaired) electrons. The van der Waals surface area contributed by atoms with Crippen LogP contribution in [0.25, 0.3) is 0 Å². The van der Waals surface area contributed by atoms with Crippen molar-refractivity contribution in [2.45, 2.75) is 121 Å². The summed E-state index contributed by atoms with van der Waals surface area (Å²) >= 11 is 0. The van der Waals surface area contributed by atoms with Crippen molar-refractivity contribution in [1.82, 2.24) is 0 Å². The fourth-order valence-electron chi connectivity index (χ4n) is 3.94. The summed E-state index contributed by atoms with van der Waals surface area (Å²) < 4.78 is 0. The van der Waals surface area contributed by atoms with Crippen LogP contribution in [-0.4, -0.2) is 11.7 Å². The third-order valence-corrected chi connectivity index (χ3v) is 5.71. The second-order valence-corrected chi connectivity index (χ2v) is 11.4. The molecule has 0 aromatic carbocycles. The molecule has 0 fully saturated rings. The Morgan fingerprint density at radius 1 is 0.971 bits per heavy atom. The lowest BCUT2D eigenvalue weighted by Gasteiger charge is -2.26. The number of aliphatic hydroxyl groups is 1. The van der Waals surface area contributed by atoms with Crippen molar-refractivity contribution < 1.29 is 5.11 Å². The van der Waals surface area contributed by atoms with E-state index in [1.54, 1.807) is 0 Å². The van der Waals surface area contributed by atoms with Gasteiger partial charge in [0, 0.05) is 6.42 Å². The fraction of sp³-hybridized carbons (Fsp3) is 0.636. The van der Waals surface area contributed by atoms with Gasteiger partial charge in [-0.15, -0.1) is 0 Å². The van der Waals surface area contributed by atoms with Crippen LogP contribution in [0.2, 0.25) is 0 Å². The van der Waals surface area contributed by atoms with E-state index in [0.717, 1.165) is 42.4 Å². The van der Waals surface area contributed by atoms with Gasteiger partial charge in [0.2, 0.25) is 0 Å². The largest absolute Gasteiger partial charge is 0.508 e. The standard InChI is InChI=1S/C31H53NO.C2H6/c1-11-13-14-15-18-24(3)21-27(29(33)23-30(5,6)7)22-26(12-2)25(4)28(31(8,9)10)19-16-17-20-32;1-2/h12,19,21,23,33H,2-3,11,13-18,20,22,32H2,1,4-10H3;1-2H3/b26-25+,27-21-,28-19+,29-23-;. The molecule has 0 unspecified atom stereocenters. The Hall–Kier alpha value is -1.80. The average Bonchev–Trinajstić information content (AvgIpc) is 2.76. The summed E-state index contributed by atoms with van der Waals surface area (Å²) in [5, 5.41) is 11.1. The molecule has 0 aliphatic heterocycles. The quantitative estimate of drug-likeness (QED) is 0.146. The van der Waals surface area contributed by atoms with Gasteiger partial charge in [0.1, 0.15) is 5.76 Å². The highest BCUT2D eigenvalue weighted by molar-refractivity contribution is 5.46. The first-order valence-electron chi connectivity index (χ1n) is 13.8. The van der Waals surface area contributed by atoms with Crippen molar-refractivity contribution in [1.29, 1.82) is 0 Å². The van der Waals surface area contributed by atoms with E-state index in [0.29, 0.717) is 18.7 Å². The highest BCUT2D eigenvalue weighted by Gasteiger charge is 2.21. The minimum atomic E-state index is -0.114. The Morgan fingerprint density at radius 3 is 2.03 bits per heavy atom. The highest BCUT2D eigenvalue weighted by Crippen LogP contribution is 2.36. The molecular formula is C33H59NO. The van der Waals surface area contributed by atoms with Crippen LogP contribution in [0.1, 0.15) is 121 Å².